The van der Waals surface area contributed by atoms with Gasteiger partial charge in [0.15, 0.2) is 0 Å². The van der Waals surface area contributed by atoms with Crippen LogP contribution in [0.5, 0.6) is 0 Å². The van der Waals surface area contributed by atoms with E-state index in [9.17, 15) is 4.79 Å². The lowest BCUT2D eigenvalue weighted by Gasteiger charge is -2.21. The topological polar surface area (TPSA) is 50.9 Å². The van der Waals surface area contributed by atoms with Crippen LogP contribution in [-0.2, 0) is 9.47 Å². The summed E-state index contributed by atoms with van der Waals surface area (Å²) >= 11 is 0. The molecular weight excluding hydrogens is 242 g/mol. The predicted octanol–water partition coefficient (Wildman–Crippen LogP) is 2.69. The third-order valence-corrected chi connectivity index (χ3v) is 2.90. The van der Waals surface area contributed by atoms with Crippen molar-refractivity contribution in [2.24, 2.45) is 0 Å². The second-order valence-corrected chi connectivity index (χ2v) is 5.77. The molecule has 0 bridgehead atoms. The Bertz CT molecular complexity index is 421. The molecule has 2 unspecified atom stereocenters. The van der Waals surface area contributed by atoms with E-state index < -0.39 is 5.60 Å². The molecule has 0 saturated carbocycles. The molecule has 0 aromatic heterocycles. The molecule has 1 saturated heterocycles. The summed E-state index contributed by atoms with van der Waals surface area (Å²) in [5.41, 5.74) is 0.712. The fourth-order valence-corrected chi connectivity index (χ4v) is 1.96. The number of carbonyl (C=O) groups is 1. The second kappa shape index (κ2) is 5.61. The van der Waals surface area contributed by atoms with Crippen LogP contribution >= 0.6 is 0 Å². The van der Waals surface area contributed by atoms with Crippen LogP contribution < -0.4 is 5.32 Å². The van der Waals surface area contributed by atoms with Crippen LogP contribution in [-0.4, -0.2) is 30.9 Å². The molecular formula is C15H21NO3. The largest absolute Gasteiger partial charge is 0.444 e. The maximum absolute atomic E-state index is 11.7. The van der Waals surface area contributed by atoms with Crippen molar-refractivity contribution in [3.05, 3.63) is 35.9 Å². The monoisotopic (exact) mass is 263 g/mol. The van der Waals surface area contributed by atoms with E-state index in [0.717, 1.165) is 6.61 Å². The minimum Gasteiger partial charge on any atom is -0.444 e. The van der Waals surface area contributed by atoms with Crippen LogP contribution in [0.25, 0.3) is 0 Å². The lowest BCUT2D eigenvalue weighted by molar-refractivity contribution is 0.0523. The SMILES string of the molecule is CC(C)(C)OC(=O)NCC(c1ccccc1)C1CO1. The molecule has 2 rings (SSSR count). The second-order valence-electron chi connectivity index (χ2n) is 5.77. The van der Waals surface area contributed by atoms with Gasteiger partial charge in [0.1, 0.15) is 5.60 Å². The first kappa shape index (κ1) is 13.9. The van der Waals surface area contributed by atoms with Gasteiger partial charge >= 0.3 is 6.09 Å². The van der Waals surface area contributed by atoms with Gasteiger partial charge in [-0.05, 0) is 26.3 Å². The smallest absolute Gasteiger partial charge is 0.407 e. The average molecular weight is 263 g/mol. The average Bonchev–Trinajstić information content (AvgIpc) is 3.13. The summed E-state index contributed by atoms with van der Waals surface area (Å²) < 4.78 is 10.6. The Morgan fingerprint density at radius 2 is 2.05 bits per heavy atom. The summed E-state index contributed by atoms with van der Waals surface area (Å²) in [5, 5.41) is 2.82. The predicted molar refractivity (Wildman–Crippen MR) is 73.2 cm³/mol. The number of benzene rings is 1. The molecule has 0 spiro atoms. The van der Waals surface area contributed by atoms with Crippen molar-refractivity contribution in [3.63, 3.8) is 0 Å². The van der Waals surface area contributed by atoms with Crippen LogP contribution in [0.1, 0.15) is 32.3 Å². The number of hydrogen-bond acceptors (Lipinski definition) is 3. The van der Waals surface area contributed by atoms with Crippen molar-refractivity contribution in [1.82, 2.24) is 5.32 Å². The fraction of sp³-hybridized carbons (Fsp3) is 0.533. The molecule has 1 fully saturated rings. The van der Waals surface area contributed by atoms with Crippen LogP contribution in [0, 0.1) is 0 Å². The molecule has 2 atom stereocenters. The van der Waals surface area contributed by atoms with E-state index in [1.54, 1.807) is 0 Å². The first-order chi connectivity index (χ1) is 8.96. The molecule has 4 nitrogen and oxygen atoms in total. The van der Waals surface area contributed by atoms with Gasteiger partial charge in [0, 0.05) is 12.5 Å². The van der Waals surface area contributed by atoms with E-state index in [1.165, 1.54) is 5.56 Å². The quantitative estimate of drug-likeness (QED) is 0.850. The van der Waals surface area contributed by atoms with Crippen LogP contribution in [0.2, 0.25) is 0 Å². The van der Waals surface area contributed by atoms with Gasteiger partial charge in [-0.3, -0.25) is 0 Å². The molecule has 19 heavy (non-hydrogen) atoms. The van der Waals surface area contributed by atoms with E-state index in [1.807, 2.05) is 39.0 Å². The molecule has 1 aliphatic rings. The standard InChI is InChI=1S/C15H21NO3/c1-15(2,3)19-14(17)16-9-12(13-10-18-13)11-7-5-4-6-8-11/h4-8,12-13H,9-10H2,1-3H3,(H,16,17). The highest BCUT2D eigenvalue weighted by atomic mass is 16.6. The van der Waals surface area contributed by atoms with Crippen molar-refractivity contribution in [2.75, 3.05) is 13.2 Å². The lowest BCUT2D eigenvalue weighted by atomic mass is 9.96. The maximum Gasteiger partial charge on any atom is 0.407 e. The Morgan fingerprint density at radius 1 is 1.42 bits per heavy atom. The van der Waals surface area contributed by atoms with Gasteiger partial charge in [-0.1, -0.05) is 30.3 Å². The minimum atomic E-state index is -0.470. The maximum atomic E-state index is 11.7. The summed E-state index contributed by atoms with van der Waals surface area (Å²) in [5.74, 6) is 0.189. The third-order valence-electron chi connectivity index (χ3n) is 2.90. The molecule has 1 aromatic carbocycles. The number of nitrogens with one attached hydrogen (secondary N) is 1. The van der Waals surface area contributed by atoms with Crippen molar-refractivity contribution in [3.8, 4) is 0 Å². The zero-order valence-electron chi connectivity index (χ0n) is 11.7. The number of amides is 1. The molecule has 1 amide bonds. The summed E-state index contributed by atoms with van der Waals surface area (Å²) in [4.78, 5) is 11.7. The third kappa shape index (κ3) is 4.56. The van der Waals surface area contributed by atoms with Gasteiger partial charge in [-0.2, -0.15) is 0 Å². The summed E-state index contributed by atoms with van der Waals surface area (Å²) in [6, 6.07) is 10.1. The summed E-state index contributed by atoms with van der Waals surface area (Å²) in [6.07, 6.45) is -0.175. The molecule has 1 aromatic rings. The van der Waals surface area contributed by atoms with E-state index in [2.05, 4.69) is 17.4 Å². The van der Waals surface area contributed by atoms with Crippen LogP contribution in [0.4, 0.5) is 4.79 Å². The van der Waals surface area contributed by atoms with E-state index in [-0.39, 0.29) is 18.1 Å². The normalized spacial score (nSPS) is 19.6. The van der Waals surface area contributed by atoms with E-state index in [4.69, 9.17) is 9.47 Å². The van der Waals surface area contributed by atoms with Crippen LogP contribution in [0.3, 0.4) is 0 Å². The number of ether oxygens (including phenoxy) is 2. The van der Waals surface area contributed by atoms with Crippen molar-refractivity contribution < 1.29 is 14.3 Å². The van der Waals surface area contributed by atoms with Crippen LogP contribution in [0.15, 0.2) is 30.3 Å². The Hall–Kier alpha value is -1.55. The van der Waals surface area contributed by atoms with E-state index in [0.29, 0.717) is 6.54 Å². The lowest BCUT2D eigenvalue weighted by Crippen LogP contribution is -2.35. The first-order valence-electron chi connectivity index (χ1n) is 6.59. The Morgan fingerprint density at radius 3 is 2.58 bits per heavy atom. The summed E-state index contributed by atoms with van der Waals surface area (Å²) in [7, 11) is 0. The molecule has 0 aliphatic carbocycles. The minimum absolute atomic E-state index is 0.189. The molecule has 1 aliphatic heterocycles. The van der Waals surface area contributed by atoms with Gasteiger partial charge in [0.2, 0.25) is 0 Å². The molecule has 1 heterocycles. The highest BCUT2D eigenvalue weighted by Gasteiger charge is 2.34. The molecule has 104 valence electrons. The number of hydrogen-bond donors (Lipinski definition) is 1. The molecule has 4 heteroatoms. The number of alkyl carbamates (subject to hydrolysis) is 1. The van der Waals surface area contributed by atoms with Crippen molar-refractivity contribution >= 4 is 6.09 Å². The van der Waals surface area contributed by atoms with Crippen molar-refractivity contribution in [2.45, 2.75) is 38.4 Å². The number of rotatable bonds is 4. The van der Waals surface area contributed by atoms with Gasteiger partial charge < -0.3 is 14.8 Å². The Labute approximate surface area is 114 Å². The first-order valence-corrected chi connectivity index (χ1v) is 6.59. The Balaban J connectivity index is 1.90. The van der Waals surface area contributed by atoms with Gasteiger partial charge in [-0.25, -0.2) is 4.79 Å². The zero-order valence-corrected chi connectivity index (χ0v) is 11.7. The zero-order chi connectivity index (χ0) is 13.9. The highest BCUT2D eigenvalue weighted by Crippen LogP contribution is 2.29. The number of carbonyl (C=O) groups excluding carboxylic acids is 1. The highest BCUT2D eigenvalue weighted by molar-refractivity contribution is 5.67. The van der Waals surface area contributed by atoms with E-state index >= 15 is 0 Å². The van der Waals surface area contributed by atoms with Gasteiger partial charge in [0.05, 0.1) is 12.7 Å². The molecule has 0 radical (unpaired) electrons. The Kier molecular flexibility index (Phi) is 4.10. The van der Waals surface area contributed by atoms with Crippen molar-refractivity contribution in [1.29, 1.82) is 0 Å². The number of epoxide rings is 1. The summed E-state index contributed by atoms with van der Waals surface area (Å²) in [6.45, 7) is 6.85. The van der Waals surface area contributed by atoms with Gasteiger partial charge in [0.25, 0.3) is 0 Å². The molecule has 1 N–H and O–H groups in total. The van der Waals surface area contributed by atoms with Gasteiger partial charge in [-0.15, -0.1) is 0 Å². The fourth-order valence-electron chi connectivity index (χ4n) is 1.96.